The molecular weight excluding hydrogens is 629 g/mol. The summed E-state index contributed by atoms with van der Waals surface area (Å²) in [5.41, 5.74) is 0. The van der Waals surface area contributed by atoms with Gasteiger partial charge in [-0.3, -0.25) is 18.6 Å². The lowest BCUT2D eigenvalue weighted by Crippen LogP contribution is -2.29. The number of hydrogen-bond donors (Lipinski definition) is 2. The molecule has 10 heteroatoms. The Bertz CT molecular complexity index is 810. The van der Waals surface area contributed by atoms with Gasteiger partial charge in [0, 0.05) is 19.4 Å². The van der Waals surface area contributed by atoms with Crippen LogP contribution in [0.2, 0.25) is 0 Å². The molecule has 0 saturated heterocycles. The molecule has 0 bridgehead atoms. The monoisotopic (exact) mass is 704 g/mol. The summed E-state index contributed by atoms with van der Waals surface area (Å²) in [5, 5.41) is 2.82. The summed E-state index contributed by atoms with van der Waals surface area (Å²) in [7, 11) is -2.64. The molecule has 48 heavy (non-hydrogen) atoms. The van der Waals surface area contributed by atoms with Gasteiger partial charge in [-0.25, -0.2) is 4.57 Å². The van der Waals surface area contributed by atoms with E-state index in [4.69, 9.17) is 18.5 Å². The summed E-state index contributed by atoms with van der Waals surface area (Å²) in [6, 6.07) is 0. The first-order chi connectivity index (χ1) is 23.3. The molecule has 0 aliphatic heterocycles. The van der Waals surface area contributed by atoms with Crippen LogP contribution in [-0.4, -0.2) is 56.3 Å². The van der Waals surface area contributed by atoms with Crippen LogP contribution in [0.3, 0.4) is 0 Å². The SMILES string of the molecule is CCCCCCCC/C=C\CCCCCCCC(=O)OCC(COP(=O)(O)OCCNC)OC(=O)CCCCCCCCCCCCC. The van der Waals surface area contributed by atoms with Gasteiger partial charge in [-0.15, -0.1) is 0 Å². The summed E-state index contributed by atoms with van der Waals surface area (Å²) in [6.07, 6.45) is 32.5. The van der Waals surface area contributed by atoms with Crippen LogP contribution in [-0.2, 0) is 32.7 Å². The predicted molar refractivity (Wildman–Crippen MR) is 197 cm³/mol. The maximum atomic E-state index is 12.5. The van der Waals surface area contributed by atoms with E-state index in [9.17, 15) is 19.0 Å². The van der Waals surface area contributed by atoms with E-state index in [1.165, 1.54) is 96.3 Å². The van der Waals surface area contributed by atoms with Crippen LogP contribution >= 0.6 is 7.82 Å². The normalized spacial score (nSPS) is 13.5. The number of esters is 2. The standard InChI is InChI=1S/C38H74NO8P/c1-4-6-8-10-12-14-16-17-18-19-21-22-24-26-28-30-37(40)44-34-36(35-46-48(42,43)45-33-32-39-3)47-38(41)31-29-27-25-23-20-15-13-11-9-7-5-2/h17-18,36,39H,4-16,19-35H2,1-3H3,(H,42,43)/b18-17-. The van der Waals surface area contributed by atoms with Crippen molar-refractivity contribution in [1.82, 2.24) is 5.32 Å². The molecule has 284 valence electrons. The highest BCUT2D eigenvalue weighted by molar-refractivity contribution is 7.47. The Morgan fingerprint density at radius 3 is 1.54 bits per heavy atom. The number of nitrogens with one attached hydrogen (secondary N) is 1. The van der Waals surface area contributed by atoms with Crippen molar-refractivity contribution in [3.05, 3.63) is 12.2 Å². The molecule has 0 aromatic rings. The van der Waals surface area contributed by atoms with Gasteiger partial charge < -0.3 is 19.7 Å². The van der Waals surface area contributed by atoms with Gasteiger partial charge in [0.25, 0.3) is 0 Å². The summed E-state index contributed by atoms with van der Waals surface area (Å²) >= 11 is 0. The zero-order chi connectivity index (χ0) is 35.4. The molecule has 0 fully saturated rings. The average Bonchev–Trinajstić information content (AvgIpc) is 3.06. The van der Waals surface area contributed by atoms with E-state index in [0.29, 0.717) is 13.0 Å². The highest BCUT2D eigenvalue weighted by Crippen LogP contribution is 2.43. The second kappa shape index (κ2) is 35.6. The fourth-order valence-electron chi connectivity index (χ4n) is 5.37. The number of unbranched alkanes of at least 4 members (excludes halogenated alkanes) is 21. The molecule has 0 amide bonds. The third kappa shape index (κ3) is 34.6. The van der Waals surface area contributed by atoms with Crippen LogP contribution in [0.5, 0.6) is 0 Å². The zero-order valence-electron chi connectivity index (χ0n) is 31.2. The second-order valence-corrected chi connectivity index (χ2v) is 14.6. The Morgan fingerprint density at radius 2 is 1.06 bits per heavy atom. The number of likely N-dealkylation sites (N-methyl/N-ethyl adjacent to an activating group) is 1. The van der Waals surface area contributed by atoms with Crippen molar-refractivity contribution in [2.24, 2.45) is 0 Å². The largest absolute Gasteiger partial charge is 0.472 e. The lowest BCUT2D eigenvalue weighted by molar-refractivity contribution is -0.161. The van der Waals surface area contributed by atoms with Crippen molar-refractivity contribution < 1.29 is 37.6 Å². The van der Waals surface area contributed by atoms with Gasteiger partial charge >= 0.3 is 19.8 Å². The molecule has 0 aliphatic carbocycles. The van der Waals surface area contributed by atoms with Gasteiger partial charge in [0.2, 0.25) is 0 Å². The predicted octanol–water partition coefficient (Wildman–Crippen LogP) is 10.5. The maximum absolute atomic E-state index is 12.5. The highest BCUT2D eigenvalue weighted by atomic mass is 31.2. The summed E-state index contributed by atoms with van der Waals surface area (Å²) in [6.45, 7) is 4.20. The quantitative estimate of drug-likeness (QED) is 0.0282. The topological polar surface area (TPSA) is 120 Å². The lowest BCUT2D eigenvalue weighted by atomic mass is 10.1. The molecule has 0 heterocycles. The van der Waals surface area contributed by atoms with E-state index in [2.05, 4.69) is 31.3 Å². The number of phosphoric ester groups is 1. The molecule has 0 aromatic carbocycles. The third-order valence-electron chi connectivity index (χ3n) is 8.39. The van der Waals surface area contributed by atoms with Crippen LogP contribution in [0.1, 0.15) is 181 Å². The Hall–Kier alpha value is -1.25. The van der Waals surface area contributed by atoms with Gasteiger partial charge in [-0.2, -0.15) is 0 Å². The van der Waals surface area contributed by atoms with Crippen molar-refractivity contribution in [3.8, 4) is 0 Å². The van der Waals surface area contributed by atoms with E-state index < -0.39 is 26.5 Å². The Balaban J connectivity index is 4.26. The first kappa shape index (κ1) is 46.8. The lowest BCUT2D eigenvalue weighted by Gasteiger charge is -2.20. The van der Waals surface area contributed by atoms with Crippen LogP contribution in [0, 0.1) is 0 Å². The van der Waals surface area contributed by atoms with Crippen molar-refractivity contribution >= 4 is 19.8 Å². The minimum atomic E-state index is -4.34. The molecule has 0 saturated carbocycles. The number of carbonyl (C=O) groups is 2. The number of ether oxygens (including phenoxy) is 2. The second-order valence-electron chi connectivity index (χ2n) is 13.1. The van der Waals surface area contributed by atoms with E-state index in [0.717, 1.165) is 51.4 Å². The first-order valence-corrected chi connectivity index (χ1v) is 21.1. The number of carbonyl (C=O) groups excluding carboxylic acids is 2. The van der Waals surface area contributed by atoms with Gasteiger partial charge in [0.05, 0.1) is 13.2 Å². The molecular formula is C38H74NO8P. The molecule has 9 nitrogen and oxygen atoms in total. The molecule has 0 rings (SSSR count). The van der Waals surface area contributed by atoms with Crippen LogP contribution in [0.15, 0.2) is 12.2 Å². The fraction of sp³-hybridized carbons (Fsp3) is 0.895. The van der Waals surface area contributed by atoms with Gasteiger partial charge in [0.15, 0.2) is 6.10 Å². The molecule has 0 spiro atoms. The Labute approximate surface area is 294 Å². The van der Waals surface area contributed by atoms with Crippen LogP contribution in [0.25, 0.3) is 0 Å². The van der Waals surface area contributed by atoms with Gasteiger partial charge in [-0.1, -0.05) is 142 Å². The van der Waals surface area contributed by atoms with E-state index in [1.54, 1.807) is 7.05 Å². The van der Waals surface area contributed by atoms with Gasteiger partial charge in [-0.05, 0) is 45.6 Å². The zero-order valence-corrected chi connectivity index (χ0v) is 32.1. The molecule has 0 aromatic heterocycles. The fourth-order valence-corrected chi connectivity index (χ4v) is 6.12. The van der Waals surface area contributed by atoms with Crippen molar-refractivity contribution in [2.75, 3.05) is 33.4 Å². The summed E-state index contributed by atoms with van der Waals surface area (Å²) in [4.78, 5) is 34.9. The number of phosphoric acid groups is 1. The molecule has 2 atom stereocenters. The van der Waals surface area contributed by atoms with Gasteiger partial charge in [0.1, 0.15) is 6.61 Å². The van der Waals surface area contributed by atoms with Crippen LogP contribution < -0.4 is 5.32 Å². The van der Waals surface area contributed by atoms with Crippen molar-refractivity contribution in [3.63, 3.8) is 0 Å². The van der Waals surface area contributed by atoms with E-state index >= 15 is 0 Å². The first-order valence-electron chi connectivity index (χ1n) is 19.6. The molecule has 2 N–H and O–H groups in total. The maximum Gasteiger partial charge on any atom is 0.472 e. The molecule has 0 radical (unpaired) electrons. The molecule has 0 aliphatic rings. The van der Waals surface area contributed by atoms with Crippen LogP contribution in [0.4, 0.5) is 0 Å². The number of rotatable bonds is 37. The smallest absolute Gasteiger partial charge is 0.462 e. The minimum Gasteiger partial charge on any atom is -0.462 e. The van der Waals surface area contributed by atoms with Crippen molar-refractivity contribution in [1.29, 1.82) is 0 Å². The Kier molecular flexibility index (Phi) is 34.6. The number of hydrogen-bond acceptors (Lipinski definition) is 8. The molecule has 2 unspecified atom stereocenters. The Morgan fingerprint density at radius 1 is 0.625 bits per heavy atom. The van der Waals surface area contributed by atoms with E-state index in [-0.39, 0.29) is 32.0 Å². The minimum absolute atomic E-state index is 0.0153. The summed E-state index contributed by atoms with van der Waals surface area (Å²) < 4.78 is 33.0. The summed E-state index contributed by atoms with van der Waals surface area (Å²) in [5.74, 6) is -0.812. The third-order valence-corrected chi connectivity index (χ3v) is 9.37. The van der Waals surface area contributed by atoms with E-state index in [1.807, 2.05) is 0 Å². The number of allylic oxidation sites excluding steroid dienone is 2. The highest BCUT2D eigenvalue weighted by Gasteiger charge is 2.26. The average molecular weight is 704 g/mol. The van der Waals surface area contributed by atoms with Crippen molar-refractivity contribution in [2.45, 2.75) is 187 Å².